The molecule has 1 aromatic heterocycles. The topological polar surface area (TPSA) is 93.9 Å². The van der Waals surface area contributed by atoms with Crippen LogP contribution in [0.5, 0.6) is 0 Å². The van der Waals surface area contributed by atoms with Gasteiger partial charge in [-0.25, -0.2) is 13.1 Å². The molecule has 3 aromatic rings. The molecule has 0 aliphatic heterocycles. The Morgan fingerprint density at radius 1 is 1.16 bits per heavy atom. The van der Waals surface area contributed by atoms with E-state index in [0.717, 1.165) is 12.0 Å². The summed E-state index contributed by atoms with van der Waals surface area (Å²) in [4.78, 5) is 13.0. The Bertz CT molecular complexity index is 1480. The fourth-order valence-corrected chi connectivity index (χ4v) is 9.52. The second kappa shape index (κ2) is 10.2. The Kier molecular flexibility index (Phi) is 7.45. The first-order chi connectivity index (χ1) is 17.9. The van der Waals surface area contributed by atoms with Crippen LogP contribution < -0.4 is 4.72 Å². The molecule has 0 radical (unpaired) electrons. The number of rotatable bonds is 9. The van der Waals surface area contributed by atoms with Crippen molar-refractivity contribution in [1.29, 1.82) is 0 Å². The Balaban J connectivity index is 1.45. The molecule has 2 fully saturated rings. The second-order valence-electron chi connectivity index (χ2n) is 10.8. The fraction of sp³-hybridized carbons (Fsp3) is 0.444. The van der Waals surface area contributed by atoms with Gasteiger partial charge in [0.05, 0.1) is 22.5 Å². The van der Waals surface area contributed by atoms with Gasteiger partial charge >= 0.3 is 0 Å². The highest BCUT2D eigenvalue weighted by Crippen LogP contribution is 2.64. The summed E-state index contributed by atoms with van der Waals surface area (Å²) in [6.07, 6.45) is 1.95. The summed E-state index contributed by atoms with van der Waals surface area (Å²) in [6.45, 7) is 5.79. The van der Waals surface area contributed by atoms with Crippen molar-refractivity contribution in [3.63, 3.8) is 0 Å². The van der Waals surface area contributed by atoms with Crippen molar-refractivity contribution in [2.45, 2.75) is 57.0 Å². The summed E-state index contributed by atoms with van der Waals surface area (Å²) in [7, 11) is -3.83. The average molecular weight is 594 g/mol. The van der Waals surface area contributed by atoms with E-state index in [1.165, 1.54) is 11.8 Å². The first kappa shape index (κ1) is 27.6. The van der Waals surface area contributed by atoms with Gasteiger partial charge in [0.25, 0.3) is 0 Å². The van der Waals surface area contributed by atoms with Gasteiger partial charge < -0.3 is 0 Å². The molecular weight excluding hydrogens is 563 g/mol. The monoisotopic (exact) mass is 592 g/mol. The van der Waals surface area contributed by atoms with Crippen LogP contribution in [-0.2, 0) is 20.6 Å². The zero-order chi connectivity index (χ0) is 27.3. The van der Waals surface area contributed by atoms with Crippen molar-refractivity contribution in [2.75, 3.05) is 5.75 Å². The number of carbonyl (C=O) groups excluding carboxylic acids is 1. The van der Waals surface area contributed by atoms with E-state index in [1.807, 2.05) is 44.2 Å². The van der Waals surface area contributed by atoms with Crippen molar-refractivity contribution >= 4 is 50.8 Å². The minimum absolute atomic E-state index is 0.0625. The van der Waals surface area contributed by atoms with E-state index < -0.39 is 21.5 Å². The number of aromatic nitrogens is 3. The first-order valence-electron chi connectivity index (χ1n) is 12.5. The molecule has 0 spiro atoms. The van der Waals surface area contributed by atoms with E-state index in [-0.39, 0.29) is 22.9 Å². The molecule has 202 valence electrons. The van der Waals surface area contributed by atoms with Gasteiger partial charge in [0.1, 0.15) is 5.78 Å². The van der Waals surface area contributed by atoms with Gasteiger partial charge in [-0.15, -0.1) is 10.2 Å². The Labute approximate surface area is 237 Å². The molecular formula is C27H30Cl2N4O3S2. The van der Waals surface area contributed by atoms with Crippen molar-refractivity contribution in [3.8, 4) is 5.69 Å². The lowest BCUT2D eigenvalue weighted by Crippen LogP contribution is -2.45. The molecule has 3 unspecified atom stereocenters. The van der Waals surface area contributed by atoms with Crippen molar-refractivity contribution < 1.29 is 13.2 Å². The quantitative estimate of drug-likeness (QED) is 0.295. The Morgan fingerprint density at radius 2 is 1.89 bits per heavy atom. The number of sulfonamides is 1. The number of ketones is 1. The van der Waals surface area contributed by atoms with Crippen LogP contribution in [0.3, 0.4) is 0 Å². The molecule has 2 bridgehead atoms. The van der Waals surface area contributed by atoms with Crippen LogP contribution >= 0.6 is 35.0 Å². The molecule has 3 atom stereocenters. The van der Waals surface area contributed by atoms with Crippen LogP contribution in [0, 0.1) is 16.7 Å². The van der Waals surface area contributed by atoms with Crippen molar-refractivity contribution in [1.82, 2.24) is 19.5 Å². The molecule has 11 heteroatoms. The smallest absolute Gasteiger partial charge is 0.213 e. The summed E-state index contributed by atoms with van der Waals surface area (Å²) in [5, 5.41) is 10.2. The summed E-state index contributed by atoms with van der Waals surface area (Å²) in [5.74, 6) is 1.12. The van der Waals surface area contributed by atoms with E-state index in [9.17, 15) is 13.2 Å². The van der Waals surface area contributed by atoms with E-state index in [4.69, 9.17) is 23.2 Å². The van der Waals surface area contributed by atoms with Gasteiger partial charge in [-0.05, 0) is 54.9 Å². The maximum atomic E-state index is 13.5. The number of nitrogens with one attached hydrogen (secondary N) is 1. The maximum absolute atomic E-state index is 13.5. The number of halogens is 2. The number of hydrogen-bond acceptors (Lipinski definition) is 6. The number of hydrogen-bond donors (Lipinski definition) is 1. The normalized spacial score (nSPS) is 23.2. The van der Waals surface area contributed by atoms with Gasteiger partial charge in [0.2, 0.25) is 10.0 Å². The SMILES string of the molecule is CC(NS(=O)(=O)CC12CCC(CC1=O)C2(C)C)c1nnc(SCc2ccccc2)n1-c1ccc(Cl)cc1Cl. The largest absolute Gasteiger partial charge is 0.299 e. The van der Waals surface area contributed by atoms with Crippen LogP contribution in [-0.4, -0.2) is 34.7 Å². The maximum Gasteiger partial charge on any atom is 0.213 e. The van der Waals surface area contributed by atoms with Crippen LogP contribution in [0.15, 0.2) is 53.7 Å². The molecule has 2 saturated carbocycles. The number of benzene rings is 2. The minimum atomic E-state index is -3.83. The average Bonchev–Trinajstić information content (AvgIpc) is 3.43. The second-order valence-corrected chi connectivity index (χ2v) is 14.4. The fourth-order valence-electron chi connectivity index (χ4n) is 6.06. The molecule has 1 N–H and O–H groups in total. The number of carbonyl (C=O) groups is 1. The lowest BCUT2D eigenvalue weighted by Gasteiger charge is -2.36. The number of Topliss-reactive ketones (excluding diaryl/α,β-unsaturated/α-hetero) is 1. The summed E-state index contributed by atoms with van der Waals surface area (Å²) >= 11 is 14.2. The third-order valence-corrected chi connectivity index (χ3v) is 11.5. The molecule has 2 aliphatic carbocycles. The van der Waals surface area contributed by atoms with E-state index in [0.29, 0.717) is 45.3 Å². The predicted octanol–water partition coefficient (Wildman–Crippen LogP) is 6.24. The molecule has 1 heterocycles. The van der Waals surface area contributed by atoms with Gasteiger partial charge in [0, 0.05) is 22.6 Å². The Hall–Kier alpha value is -1.91. The Morgan fingerprint density at radius 3 is 2.53 bits per heavy atom. The highest BCUT2D eigenvalue weighted by molar-refractivity contribution is 7.98. The molecule has 38 heavy (non-hydrogen) atoms. The van der Waals surface area contributed by atoms with Gasteiger partial charge in [-0.3, -0.25) is 9.36 Å². The number of fused-ring (bicyclic) bond motifs is 2. The van der Waals surface area contributed by atoms with E-state index >= 15 is 0 Å². The zero-order valence-corrected chi connectivity index (χ0v) is 24.6. The van der Waals surface area contributed by atoms with E-state index in [2.05, 4.69) is 14.9 Å². The predicted molar refractivity (Wildman–Crippen MR) is 151 cm³/mol. The van der Waals surface area contributed by atoms with Crippen molar-refractivity contribution in [3.05, 3.63) is 70.0 Å². The lowest BCUT2D eigenvalue weighted by molar-refractivity contribution is -0.128. The third kappa shape index (κ3) is 4.92. The first-order valence-corrected chi connectivity index (χ1v) is 15.9. The molecule has 0 saturated heterocycles. The zero-order valence-electron chi connectivity index (χ0n) is 21.4. The highest BCUT2D eigenvalue weighted by Gasteiger charge is 2.65. The molecule has 2 aliphatic rings. The van der Waals surface area contributed by atoms with E-state index in [1.54, 1.807) is 29.7 Å². The summed E-state index contributed by atoms with van der Waals surface area (Å²) in [6, 6.07) is 14.4. The van der Waals surface area contributed by atoms with Crippen LogP contribution in [0.1, 0.15) is 57.5 Å². The number of nitrogens with zero attached hydrogens (tertiary/aromatic N) is 3. The molecule has 7 nitrogen and oxygen atoms in total. The number of thioether (sulfide) groups is 1. The third-order valence-electron chi connectivity index (χ3n) is 8.34. The molecule has 0 amide bonds. The van der Waals surface area contributed by atoms with Crippen molar-refractivity contribution in [2.24, 2.45) is 16.7 Å². The van der Waals surface area contributed by atoms with Gasteiger partial charge in [-0.2, -0.15) is 0 Å². The highest BCUT2D eigenvalue weighted by atomic mass is 35.5. The van der Waals surface area contributed by atoms with Gasteiger partial charge in [0.15, 0.2) is 11.0 Å². The van der Waals surface area contributed by atoms with Crippen LogP contribution in [0.4, 0.5) is 0 Å². The molecule has 5 rings (SSSR count). The molecule has 2 aromatic carbocycles. The van der Waals surface area contributed by atoms with Gasteiger partial charge in [-0.1, -0.05) is 79.1 Å². The minimum Gasteiger partial charge on any atom is -0.299 e. The summed E-state index contributed by atoms with van der Waals surface area (Å²) < 4.78 is 31.5. The lowest BCUT2D eigenvalue weighted by atomic mass is 9.70. The standard InChI is InChI=1S/C27H30Cl2N4O3S2/c1-17(32-38(35,36)16-27-12-11-19(13-23(27)34)26(27,2)3)24-30-31-25(37-15-18-7-5-4-6-8-18)33(24)22-10-9-20(28)14-21(22)29/h4-10,14,17,19,32H,11-13,15-16H2,1-3H3. The van der Waals surface area contributed by atoms with Crippen LogP contribution in [0.25, 0.3) is 5.69 Å². The van der Waals surface area contributed by atoms with Crippen LogP contribution in [0.2, 0.25) is 10.0 Å². The summed E-state index contributed by atoms with van der Waals surface area (Å²) in [5.41, 5.74) is 0.511.